The number of halogens is 2. The Hall–Kier alpha value is -1.62. The van der Waals surface area contributed by atoms with Crippen molar-refractivity contribution < 1.29 is 14.9 Å². The second-order valence-electron chi connectivity index (χ2n) is 6.00. The summed E-state index contributed by atoms with van der Waals surface area (Å²) < 4.78 is 0. The number of ketones is 2. The van der Waals surface area contributed by atoms with Crippen LogP contribution in [0.1, 0.15) is 57.6 Å². The van der Waals surface area contributed by atoms with Crippen molar-refractivity contribution in [3.05, 3.63) is 56.3 Å². The first-order valence-electron chi connectivity index (χ1n) is 7.74. The number of H-pyrrole nitrogens is 1. The summed E-state index contributed by atoms with van der Waals surface area (Å²) >= 11 is 12.1. The molecule has 4 nitrogen and oxygen atoms in total. The monoisotopic (exact) mass is 367 g/mol. The molecule has 1 atom stereocenters. The van der Waals surface area contributed by atoms with Crippen molar-refractivity contribution in [2.24, 2.45) is 0 Å². The van der Waals surface area contributed by atoms with E-state index in [1.165, 1.54) is 6.92 Å². The fraction of sp³-hybridized carbons (Fsp3) is 0.333. The molecule has 0 spiro atoms. The third kappa shape index (κ3) is 3.89. The van der Waals surface area contributed by atoms with Gasteiger partial charge in [-0.2, -0.15) is 0 Å². The zero-order chi connectivity index (χ0) is 18.0. The Morgan fingerprint density at radius 1 is 1.25 bits per heavy atom. The Bertz CT molecular complexity index is 797. The number of Topliss-reactive ketones (excluding diaryl/α,β-unsaturated/α-hetero) is 2. The highest BCUT2D eigenvalue weighted by Gasteiger charge is 2.22. The van der Waals surface area contributed by atoms with Gasteiger partial charge in [-0.25, -0.2) is 0 Å². The maximum Gasteiger partial charge on any atom is 0.233 e. The van der Waals surface area contributed by atoms with Gasteiger partial charge in [-0.3, -0.25) is 9.59 Å². The van der Waals surface area contributed by atoms with Gasteiger partial charge in [0.2, 0.25) is 5.78 Å². The van der Waals surface area contributed by atoms with Crippen LogP contribution < -0.4 is 5.32 Å². The van der Waals surface area contributed by atoms with E-state index in [-0.39, 0.29) is 24.2 Å². The molecule has 0 bridgehead atoms. The number of aromatic nitrogens is 1. The second kappa shape index (κ2) is 7.51. The number of aromatic amines is 1. The van der Waals surface area contributed by atoms with Gasteiger partial charge in [0.1, 0.15) is 12.6 Å². The molecule has 3 N–H and O–H groups in total. The molecule has 2 rings (SSSR count). The lowest BCUT2D eigenvalue weighted by Gasteiger charge is -2.12. The molecule has 128 valence electrons. The van der Waals surface area contributed by atoms with E-state index in [2.05, 4.69) is 4.98 Å². The smallest absolute Gasteiger partial charge is 0.233 e. The maximum atomic E-state index is 12.5. The number of carbonyl (C=O) groups excluding carboxylic acids is 2. The topological polar surface area (TPSA) is 66.5 Å². The zero-order valence-electron chi connectivity index (χ0n) is 14.2. The first-order chi connectivity index (χ1) is 11.2. The lowest BCUT2D eigenvalue weighted by Crippen LogP contribution is -2.86. The number of rotatable bonds is 6. The summed E-state index contributed by atoms with van der Waals surface area (Å²) in [5.41, 5.74) is 3.49. The van der Waals surface area contributed by atoms with Crippen LogP contribution in [-0.4, -0.2) is 23.1 Å². The van der Waals surface area contributed by atoms with Crippen LogP contribution in [0.5, 0.6) is 0 Å². The van der Waals surface area contributed by atoms with Crippen molar-refractivity contribution in [2.45, 2.75) is 33.7 Å². The number of benzene rings is 1. The minimum atomic E-state index is -0.0416. The van der Waals surface area contributed by atoms with Crippen LogP contribution in [0.3, 0.4) is 0 Å². The van der Waals surface area contributed by atoms with Crippen LogP contribution in [0.4, 0.5) is 0 Å². The van der Waals surface area contributed by atoms with E-state index < -0.39 is 0 Å². The summed E-state index contributed by atoms with van der Waals surface area (Å²) in [7, 11) is 0. The van der Waals surface area contributed by atoms with E-state index >= 15 is 0 Å². The molecule has 0 unspecified atom stereocenters. The van der Waals surface area contributed by atoms with Crippen molar-refractivity contribution in [3.8, 4) is 0 Å². The Kier molecular flexibility index (Phi) is 5.86. The predicted molar refractivity (Wildman–Crippen MR) is 96.3 cm³/mol. The van der Waals surface area contributed by atoms with Crippen molar-refractivity contribution in [3.63, 3.8) is 0 Å². The average Bonchev–Trinajstić information content (AvgIpc) is 2.79. The molecule has 2 aromatic rings. The van der Waals surface area contributed by atoms with Crippen LogP contribution in [0.2, 0.25) is 10.0 Å². The second-order valence-corrected chi connectivity index (χ2v) is 6.84. The molecular formula is C18H21Cl2N2O2+. The molecule has 0 saturated heterocycles. The molecule has 0 radical (unpaired) electrons. The van der Waals surface area contributed by atoms with Crippen molar-refractivity contribution in [1.29, 1.82) is 0 Å². The molecule has 0 amide bonds. The lowest BCUT2D eigenvalue weighted by atomic mass is 10.0. The van der Waals surface area contributed by atoms with Crippen molar-refractivity contribution in [1.82, 2.24) is 4.98 Å². The average molecular weight is 368 g/mol. The maximum absolute atomic E-state index is 12.5. The minimum Gasteiger partial charge on any atom is -0.355 e. The zero-order valence-corrected chi connectivity index (χ0v) is 15.7. The lowest BCUT2D eigenvalue weighted by molar-refractivity contribution is -0.681. The third-order valence-corrected chi connectivity index (χ3v) is 4.74. The first-order valence-corrected chi connectivity index (χ1v) is 8.49. The largest absolute Gasteiger partial charge is 0.355 e. The number of hydrogen-bond donors (Lipinski definition) is 2. The SMILES string of the molecule is CC(=O)c1c(C)[nH]c(C(=O)C[NH2+][C@H](C)c2ccc(Cl)cc2Cl)c1C. The Morgan fingerprint density at radius 2 is 1.92 bits per heavy atom. The molecule has 0 fully saturated rings. The molecule has 1 aromatic heterocycles. The highest BCUT2D eigenvalue weighted by Crippen LogP contribution is 2.24. The van der Waals surface area contributed by atoms with Gasteiger partial charge in [-0.05, 0) is 45.4 Å². The number of nitrogens with one attached hydrogen (secondary N) is 1. The van der Waals surface area contributed by atoms with Crippen molar-refractivity contribution >= 4 is 34.8 Å². The van der Waals surface area contributed by atoms with Gasteiger partial charge >= 0.3 is 0 Å². The van der Waals surface area contributed by atoms with E-state index in [0.717, 1.165) is 16.8 Å². The summed E-state index contributed by atoms with van der Waals surface area (Å²) in [4.78, 5) is 27.2. The van der Waals surface area contributed by atoms with Gasteiger partial charge < -0.3 is 10.3 Å². The first kappa shape index (κ1) is 18.7. The van der Waals surface area contributed by atoms with Crippen LogP contribution >= 0.6 is 23.2 Å². The molecule has 1 heterocycles. The van der Waals surface area contributed by atoms with Gasteiger partial charge in [0.15, 0.2) is 5.78 Å². The Morgan fingerprint density at radius 3 is 2.46 bits per heavy atom. The molecule has 0 saturated carbocycles. The summed E-state index contributed by atoms with van der Waals surface area (Å²) in [5.74, 6) is -0.0781. The number of hydrogen-bond acceptors (Lipinski definition) is 2. The van der Waals surface area contributed by atoms with E-state index in [1.54, 1.807) is 26.0 Å². The van der Waals surface area contributed by atoms with Gasteiger partial charge in [0.25, 0.3) is 0 Å². The number of quaternary nitrogens is 1. The molecule has 24 heavy (non-hydrogen) atoms. The Balaban J connectivity index is 2.11. The summed E-state index contributed by atoms with van der Waals surface area (Å²) in [5, 5.41) is 3.09. The fourth-order valence-corrected chi connectivity index (χ4v) is 3.52. The fourth-order valence-electron chi connectivity index (χ4n) is 2.94. The standard InChI is InChI=1S/C18H20Cl2N2O2/c1-9-17(12(4)23)11(3)22-18(9)16(24)8-21-10(2)14-6-5-13(19)7-15(14)20/h5-7,10,21-22H,8H2,1-4H3/p+1/t10-/m1/s1. The summed E-state index contributed by atoms with van der Waals surface area (Å²) in [6, 6.07) is 5.37. The number of nitrogens with two attached hydrogens (primary N) is 1. The normalized spacial score (nSPS) is 12.2. The van der Waals surface area contributed by atoms with Gasteiger partial charge in [0.05, 0.1) is 10.7 Å². The number of aryl methyl sites for hydroxylation is 1. The van der Waals surface area contributed by atoms with Gasteiger partial charge in [-0.15, -0.1) is 0 Å². The third-order valence-electron chi connectivity index (χ3n) is 4.18. The van der Waals surface area contributed by atoms with Crippen LogP contribution in [-0.2, 0) is 0 Å². The molecule has 0 aliphatic rings. The van der Waals surface area contributed by atoms with Crippen molar-refractivity contribution in [2.75, 3.05) is 6.54 Å². The van der Waals surface area contributed by atoms with E-state index in [0.29, 0.717) is 21.3 Å². The summed E-state index contributed by atoms with van der Waals surface area (Å²) in [6.45, 7) is 7.36. The highest BCUT2D eigenvalue weighted by atomic mass is 35.5. The quantitative estimate of drug-likeness (QED) is 0.765. The molecular weight excluding hydrogens is 347 g/mol. The van der Waals surface area contributed by atoms with Gasteiger partial charge in [0, 0.05) is 21.8 Å². The molecule has 6 heteroatoms. The van der Waals surface area contributed by atoms with E-state index in [4.69, 9.17) is 23.2 Å². The van der Waals surface area contributed by atoms with Gasteiger partial charge in [-0.1, -0.05) is 29.3 Å². The number of carbonyl (C=O) groups is 2. The van der Waals surface area contributed by atoms with E-state index in [1.807, 2.05) is 18.3 Å². The molecule has 0 aliphatic heterocycles. The van der Waals surface area contributed by atoms with Crippen LogP contribution in [0.15, 0.2) is 18.2 Å². The van der Waals surface area contributed by atoms with E-state index in [9.17, 15) is 9.59 Å². The van der Waals surface area contributed by atoms with Crippen LogP contribution in [0.25, 0.3) is 0 Å². The Labute approximate surface area is 151 Å². The molecule has 0 aliphatic carbocycles. The predicted octanol–water partition coefficient (Wildman–Crippen LogP) is 3.65. The minimum absolute atomic E-state index is 0.0161. The summed E-state index contributed by atoms with van der Waals surface area (Å²) in [6.07, 6.45) is 0. The molecule has 1 aromatic carbocycles. The highest BCUT2D eigenvalue weighted by molar-refractivity contribution is 6.35. The van der Waals surface area contributed by atoms with Crippen LogP contribution in [0, 0.1) is 13.8 Å².